The topological polar surface area (TPSA) is 30.5 Å². The van der Waals surface area contributed by atoms with Crippen LogP contribution in [-0.2, 0) is 9.47 Å². The Morgan fingerprint density at radius 1 is 1.22 bits per heavy atom. The minimum absolute atomic E-state index is 0.0612. The Morgan fingerprint density at radius 2 is 1.94 bits per heavy atom. The molecule has 0 unspecified atom stereocenters. The number of benzene rings is 1. The van der Waals surface area contributed by atoms with Gasteiger partial charge in [-0.1, -0.05) is 30.3 Å². The molecule has 100 valence electrons. The molecule has 1 saturated heterocycles. The summed E-state index contributed by atoms with van der Waals surface area (Å²) in [6, 6.07) is 10.3. The molecule has 0 aromatic heterocycles. The van der Waals surface area contributed by atoms with E-state index in [4.69, 9.17) is 9.47 Å². The number of hydrogen-bond donors (Lipinski definition) is 1. The molecule has 2 rings (SSSR count). The molecule has 0 radical (unpaired) electrons. The SMILES string of the molecule is CCO[C@H](COC1CCNCC1)c1ccccc1. The third-order valence-electron chi connectivity index (χ3n) is 3.31. The lowest BCUT2D eigenvalue weighted by Crippen LogP contribution is -2.33. The van der Waals surface area contributed by atoms with Gasteiger partial charge in [0.05, 0.1) is 12.7 Å². The van der Waals surface area contributed by atoms with Crippen LogP contribution in [-0.4, -0.2) is 32.4 Å². The van der Waals surface area contributed by atoms with E-state index in [1.54, 1.807) is 0 Å². The van der Waals surface area contributed by atoms with Gasteiger partial charge >= 0.3 is 0 Å². The first-order valence-electron chi connectivity index (χ1n) is 6.89. The highest BCUT2D eigenvalue weighted by atomic mass is 16.5. The maximum absolute atomic E-state index is 5.99. The maximum Gasteiger partial charge on any atom is 0.106 e. The van der Waals surface area contributed by atoms with Gasteiger partial charge < -0.3 is 14.8 Å². The predicted octanol–water partition coefficient (Wildman–Crippen LogP) is 2.53. The van der Waals surface area contributed by atoms with Gasteiger partial charge in [-0.2, -0.15) is 0 Å². The van der Waals surface area contributed by atoms with Crippen molar-refractivity contribution in [2.24, 2.45) is 0 Å². The number of ether oxygens (including phenoxy) is 2. The number of nitrogens with one attached hydrogen (secondary N) is 1. The van der Waals surface area contributed by atoms with Crippen LogP contribution >= 0.6 is 0 Å². The summed E-state index contributed by atoms with van der Waals surface area (Å²) >= 11 is 0. The van der Waals surface area contributed by atoms with E-state index in [0.29, 0.717) is 12.7 Å². The number of rotatable bonds is 6. The molecule has 0 aliphatic carbocycles. The lowest BCUT2D eigenvalue weighted by Gasteiger charge is -2.25. The first kappa shape index (κ1) is 13.5. The molecule has 0 saturated carbocycles. The van der Waals surface area contributed by atoms with Crippen molar-refractivity contribution in [2.75, 3.05) is 26.3 Å². The molecule has 1 aromatic carbocycles. The maximum atomic E-state index is 5.99. The highest BCUT2D eigenvalue weighted by Crippen LogP contribution is 2.19. The van der Waals surface area contributed by atoms with E-state index in [0.717, 1.165) is 32.5 Å². The quantitative estimate of drug-likeness (QED) is 0.840. The van der Waals surface area contributed by atoms with E-state index in [9.17, 15) is 0 Å². The van der Waals surface area contributed by atoms with Gasteiger partial charge in [-0.25, -0.2) is 0 Å². The fraction of sp³-hybridized carbons (Fsp3) is 0.600. The molecule has 3 nitrogen and oxygen atoms in total. The average Bonchev–Trinajstić information content (AvgIpc) is 2.45. The molecule has 1 fully saturated rings. The standard InChI is InChI=1S/C15H23NO2/c1-2-17-15(13-6-4-3-5-7-13)12-18-14-8-10-16-11-9-14/h3-7,14-16H,2,8-12H2,1H3/t15-/m1/s1. The summed E-state index contributed by atoms with van der Waals surface area (Å²) in [6.07, 6.45) is 2.66. The zero-order chi connectivity index (χ0) is 12.6. The van der Waals surface area contributed by atoms with Gasteiger partial charge in [0, 0.05) is 6.61 Å². The van der Waals surface area contributed by atoms with Crippen molar-refractivity contribution in [1.82, 2.24) is 5.32 Å². The molecule has 0 amide bonds. The molecule has 0 spiro atoms. The summed E-state index contributed by atoms with van der Waals surface area (Å²) in [5.41, 5.74) is 1.20. The molecule has 0 bridgehead atoms. The molecule has 1 N–H and O–H groups in total. The zero-order valence-corrected chi connectivity index (χ0v) is 11.1. The second kappa shape index (κ2) is 7.52. The van der Waals surface area contributed by atoms with E-state index in [1.165, 1.54) is 5.56 Å². The molecule has 1 aliphatic heterocycles. The van der Waals surface area contributed by atoms with E-state index < -0.39 is 0 Å². The van der Waals surface area contributed by atoms with E-state index in [1.807, 2.05) is 25.1 Å². The highest BCUT2D eigenvalue weighted by molar-refractivity contribution is 5.17. The van der Waals surface area contributed by atoms with Crippen molar-refractivity contribution >= 4 is 0 Å². The molecule has 1 aliphatic rings. The summed E-state index contributed by atoms with van der Waals surface area (Å²) in [6.45, 7) is 5.53. The summed E-state index contributed by atoms with van der Waals surface area (Å²) in [5.74, 6) is 0. The second-order valence-corrected chi connectivity index (χ2v) is 4.64. The molecular weight excluding hydrogens is 226 g/mol. The lowest BCUT2D eigenvalue weighted by molar-refractivity contribution is -0.0500. The number of hydrogen-bond acceptors (Lipinski definition) is 3. The molecular formula is C15H23NO2. The third-order valence-corrected chi connectivity index (χ3v) is 3.31. The normalized spacial score (nSPS) is 18.7. The minimum atomic E-state index is 0.0612. The van der Waals surface area contributed by atoms with Crippen molar-refractivity contribution in [1.29, 1.82) is 0 Å². The first-order chi connectivity index (χ1) is 8.90. The Kier molecular flexibility index (Phi) is 5.65. The molecule has 1 atom stereocenters. The monoisotopic (exact) mass is 249 g/mol. The molecule has 3 heteroatoms. The van der Waals surface area contributed by atoms with Gasteiger partial charge in [-0.3, -0.25) is 0 Å². The minimum Gasteiger partial charge on any atom is -0.375 e. The van der Waals surface area contributed by atoms with Gasteiger partial charge in [-0.15, -0.1) is 0 Å². The summed E-state index contributed by atoms with van der Waals surface area (Å²) < 4.78 is 11.8. The Labute approximate surface area is 109 Å². The molecule has 1 aromatic rings. The average molecular weight is 249 g/mol. The van der Waals surface area contributed by atoms with Gasteiger partial charge in [0.15, 0.2) is 0 Å². The van der Waals surface area contributed by atoms with Gasteiger partial charge in [0.25, 0.3) is 0 Å². The van der Waals surface area contributed by atoms with Gasteiger partial charge in [-0.05, 0) is 38.4 Å². The van der Waals surface area contributed by atoms with Gasteiger partial charge in [0.2, 0.25) is 0 Å². The lowest BCUT2D eigenvalue weighted by atomic mass is 10.1. The largest absolute Gasteiger partial charge is 0.375 e. The van der Waals surface area contributed by atoms with Crippen molar-refractivity contribution in [3.63, 3.8) is 0 Å². The van der Waals surface area contributed by atoms with Crippen LogP contribution in [0, 0.1) is 0 Å². The second-order valence-electron chi connectivity index (χ2n) is 4.64. The molecule has 18 heavy (non-hydrogen) atoms. The Hall–Kier alpha value is -0.900. The summed E-state index contributed by atoms with van der Waals surface area (Å²) in [5, 5.41) is 3.35. The van der Waals surface area contributed by atoms with Crippen LogP contribution in [0.3, 0.4) is 0 Å². The Bertz CT molecular complexity index is 323. The van der Waals surface area contributed by atoms with Crippen LogP contribution in [0.4, 0.5) is 0 Å². The Morgan fingerprint density at radius 3 is 2.61 bits per heavy atom. The summed E-state index contributed by atoms with van der Waals surface area (Å²) in [7, 11) is 0. The van der Waals surface area contributed by atoms with Crippen LogP contribution in [0.2, 0.25) is 0 Å². The fourth-order valence-electron chi connectivity index (χ4n) is 2.30. The van der Waals surface area contributed by atoms with Crippen molar-refractivity contribution in [2.45, 2.75) is 32.0 Å². The van der Waals surface area contributed by atoms with Crippen LogP contribution in [0.1, 0.15) is 31.4 Å². The van der Waals surface area contributed by atoms with E-state index in [-0.39, 0.29) is 6.10 Å². The van der Waals surface area contributed by atoms with E-state index >= 15 is 0 Å². The van der Waals surface area contributed by atoms with Crippen molar-refractivity contribution in [3.8, 4) is 0 Å². The third kappa shape index (κ3) is 4.09. The first-order valence-corrected chi connectivity index (χ1v) is 6.89. The number of piperidine rings is 1. The van der Waals surface area contributed by atoms with Crippen LogP contribution in [0.5, 0.6) is 0 Å². The zero-order valence-electron chi connectivity index (χ0n) is 11.1. The summed E-state index contributed by atoms with van der Waals surface area (Å²) in [4.78, 5) is 0. The van der Waals surface area contributed by atoms with Crippen molar-refractivity contribution in [3.05, 3.63) is 35.9 Å². The van der Waals surface area contributed by atoms with Crippen molar-refractivity contribution < 1.29 is 9.47 Å². The van der Waals surface area contributed by atoms with Crippen LogP contribution in [0.25, 0.3) is 0 Å². The Balaban J connectivity index is 1.86. The van der Waals surface area contributed by atoms with E-state index in [2.05, 4.69) is 17.4 Å². The predicted molar refractivity (Wildman–Crippen MR) is 72.7 cm³/mol. The van der Waals surface area contributed by atoms with Gasteiger partial charge in [0.1, 0.15) is 6.10 Å². The fourth-order valence-corrected chi connectivity index (χ4v) is 2.30. The molecule has 1 heterocycles. The smallest absolute Gasteiger partial charge is 0.106 e. The van der Waals surface area contributed by atoms with Crippen LogP contribution in [0.15, 0.2) is 30.3 Å². The van der Waals surface area contributed by atoms with Crippen LogP contribution < -0.4 is 5.32 Å². The highest BCUT2D eigenvalue weighted by Gasteiger charge is 2.17.